The van der Waals surface area contributed by atoms with E-state index in [0.717, 1.165) is 11.3 Å². The summed E-state index contributed by atoms with van der Waals surface area (Å²) in [6.07, 6.45) is 2.12. The van der Waals surface area contributed by atoms with Crippen molar-refractivity contribution in [3.63, 3.8) is 0 Å². The Labute approximate surface area is 125 Å². The molecule has 0 unspecified atom stereocenters. The average molecular weight is 309 g/mol. The Morgan fingerprint density at radius 2 is 2.05 bits per heavy atom. The molecule has 1 heterocycles. The molecule has 21 heavy (non-hydrogen) atoms. The number of rotatable bonds is 6. The van der Waals surface area contributed by atoms with Crippen LogP contribution in [0.1, 0.15) is 11.3 Å². The molecule has 0 amide bonds. The maximum absolute atomic E-state index is 12.5. The molecule has 0 radical (unpaired) electrons. The number of methoxy groups -OCH3 is 1. The van der Waals surface area contributed by atoms with Crippen LogP contribution in [-0.4, -0.2) is 33.4 Å². The van der Waals surface area contributed by atoms with Crippen LogP contribution >= 0.6 is 0 Å². The molecule has 0 saturated carbocycles. The molecule has 5 nitrogen and oxygen atoms in total. The Kier molecular flexibility index (Phi) is 4.69. The summed E-state index contributed by atoms with van der Waals surface area (Å²) in [6.45, 7) is 2.18. The second kappa shape index (κ2) is 6.32. The van der Waals surface area contributed by atoms with E-state index in [1.54, 1.807) is 44.7 Å². The van der Waals surface area contributed by atoms with Gasteiger partial charge in [-0.3, -0.25) is 0 Å². The number of likely N-dealkylation sites (N-methyl/N-ethyl adjacent to an activating group) is 1. The highest BCUT2D eigenvalue weighted by molar-refractivity contribution is 7.89. The quantitative estimate of drug-likeness (QED) is 0.822. The summed E-state index contributed by atoms with van der Waals surface area (Å²) >= 11 is 0. The van der Waals surface area contributed by atoms with E-state index in [9.17, 15) is 8.42 Å². The van der Waals surface area contributed by atoms with Crippen LogP contribution in [0.3, 0.4) is 0 Å². The van der Waals surface area contributed by atoms with Crippen molar-refractivity contribution >= 4 is 10.0 Å². The molecule has 0 fully saturated rings. The first-order valence-corrected chi connectivity index (χ1v) is 8.02. The zero-order valence-corrected chi connectivity index (χ0v) is 13.2. The molecular formula is C15H19NO4S. The topological polar surface area (TPSA) is 59.8 Å². The van der Waals surface area contributed by atoms with Crippen molar-refractivity contribution in [2.45, 2.75) is 18.2 Å². The third-order valence-corrected chi connectivity index (χ3v) is 5.18. The molecule has 1 aromatic carbocycles. The predicted molar refractivity (Wildman–Crippen MR) is 80.0 cm³/mol. The third kappa shape index (κ3) is 3.46. The highest BCUT2D eigenvalue weighted by Crippen LogP contribution is 2.23. The summed E-state index contributed by atoms with van der Waals surface area (Å²) in [7, 11) is -0.375. The van der Waals surface area contributed by atoms with Gasteiger partial charge in [-0.05, 0) is 42.8 Å². The van der Waals surface area contributed by atoms with Gasteiger partial charge in [-0.1, -0.05) is 0 Å². The second-order valence-electron chi connectivity index (χ2n) is 4.79. The van der Waals surface area contributed by atoms with Gasteiger partial charge in [0.05, 0.1) is 18.3 Å². The van der Waals surface area contributed by atoms with Gasteiger partial charge in [-0.2, -0.15) is 0 Å². The van der Waals surface area contributed by atoms with Gasteiger partial charge in [-0.25, -0.2) is 12.7 Å². The van der Waals surface area contributed by atoms with Crippen molar-refractivity contribution in [3.8, 4) is 5.75 Å². The summed E-state index contributed by atoms with van der Waals surface area (Å²) in [5, 5.41) is 0. The first-order chi connectivity index (χ1) is 9.95. The molecule has 2 rings (SSSR count). The molecule has 0 spiro atoms. The zero-order chi connectivity index (χ0) is 15.5. The third-order valence-electron chi connectivity index (χ3n) is 3.33. The normalized spacial score (nSPS) is 11.8. The van der Waals surface area contributed by atoms with E-state index >= 15 is 0 Å². The van der Waals surface area contributed by atoms with E-state index in [1.807, 2.05) is 13.0 Å². The van der Waals surface area contributed by atoms with Gasteiger partial charge in [0.25, 0.3) is 0 Å². The fourth-order valence-corrected chi connectivity index (χ4v) is 3.29. The number of sulfonamides is 1. The molecule has 1 aromatic heterocycles. The monoisotopic (exact) mass is 309 g/mol. The highest BCUT2D eigenvalue weighted by Gasteiger charge is 2.21. The molecule has 0 saturated heterocycles. The summed E-state index contributed by atoms with van der Waals surface area (Å²) in [4.78, 5) is 0.266. The van der Waals surface area contributed by atoms with Crippen molar-refractivity contribution in [1.29, 1.82) is 0 Å². The van der Waals surface area contributed by atoms with Gasteiger partial charge in [0.1, 0.15) is 11.5 Å². The molecule has 114 valence electrons. The Morgan fingerprint density at radius 1 is 1.29 bits per heavy atom. The van der Waals surface area contributed by atoms with Gasteiger partial charge in [0.15, 0.2) is 0 Å². The summed E-state index contributed by atoms with van der Waals surface area (Å²) in [6, 6.07) is 8.47. The van der Waals surface area contributed by atoms with Crippen LogP contribution in [0.25, 0.3) is 0 Å². The Hall–Kier alpha value is -1.79. The summed E-state index contributed by atoms with van der Waals surface area (Å²) < 4.78 is 36.7. The summed E-state index contributed by atoms with van der Waals surface area (Å²) in [5.74, 6) is 1.44. The molecule has 6 heteroatoms. The molecule has 0 bridgehead atoms. The van der Waals surface area contributed by atoms with Gasteiger partial charge < -0.3 is 9.15 Å². The lowest BCUT2D eigenvalue weighted by Gasteiger charge is -2.17. The lowest BCUT2D eigenvalue weighted by Crippen LogP contribution is -2.29. The van der Waals surface area contributed by atoms with Gasteiger partial charge >= 0.3 is 0 Å². The van der Waals surface area contributed by atoms with Gasteiger partial charge in [0, 0.05) is 20.0 Å². The Balaban J connectivity index is 2.14. The fourth-order valence-electron chi connectivity index (χ4n) is 2.03. The number of aryl methyl sites for hydroxylation is 1. The largest absolute Gasteiger partial charge is 0.496 e. The SMILES string of the molecule is COc1ccc(S(=O)(=O)N(C)CCc2ccco2)cc1C. The molecule has 0 atom stereocenters. The number of nitrogens with zero attached hydrogens (tertiary/aromatic N) is 1. The first kappa shape index (κ1) is 15.6. The van der Waals surface area contributed by atoms with E-state index in [0.29, 0.717) is 18.7 Å². The van der Waals surface area contributed by atoms with Gasteiger partial charge in [-0.15, -0.1) is 0 Å². The number of hydrogen-bond donors (Lipinski definition) is 0. The number of benzene rings is 1. The van der Waals surface area contributed by atoms with Crippen molar-refractivity contribution in [2.75, 3.05) is 20.7 Å². The Morgan fingerprint density at radius 3 is 2.62 bits per heavy atom. The maximum Gasteiger partial charge on any atom is 0.242 e. The highest BCUT2D eigenvalue weighted by atomic mass is 32.2. The molecule has 0 N–H and O–H groups in total. The minimum Gasteiger partial charge on any atom is -0.496 e. The number of hydrogen-bond acceptors (Lipinski definition) is 4. The molecule has 0 aliphatic heterocycles. The predicted octanol–water partition coefficient (Wildman–Crippen LogP) is 2.46. The lowest BCUT2D eigenvalue weighted by atomic mass is 10.2. The van der Waals surface area contributed by atoms with Crippen LogP contribution < -0.4 is 4.74 Å². The van der Waals surface area contributed by atoms with E-state index in [2.05, 4.69) is 0 Å². The fraction of sp³-hybridized carbons (Fsp3) is 0.333. The minimum absolute atomic E-state index is 0.266. The smallest absolute Gasteiger partial charge is 0.242 e. The van der Waals surface area contributed by atoms with Crippen molar-refractivity contribution < 1.29 is 17.6 Å². The number of ether oxygens (including phenoxy) is 1. The zero-order valence-electron chi connectivity index (χ0n) is 12.4. The standard InChI is InChI=1S/C15H19NO4S/c1-12-11-14(6-7-15(12)19-3)21(17,18)16(2)9-8-13-5-4-10-20-13/h4-7,10-11H,8-9H2,1-3H3. The van der Waals surface area contributed by atoms with Crippen molar-refractivity contribution in [2.24, 2.45) is 0 Å². The van der Waals surface area contributed by atoms with E-state index in [4.69, 9.17) is 9.15 Å². The number of furan rings is 1. The lowest BCUT2D eigenvalue weighted by molar-refractivity contribution is 0.411. The van der Waals surface area contributed by atoms with Crippen LogP contribution in [0.15, 0.2) is 45.9 Å². The van der Waals surface area contributed by atoms with Crippen molar-refractivity contribution in [3.05, 3.63) is 47.9 Å². The summed E-state index contributed by atoms with van der Waals surface area (Å²) in [5.41, 5.74) is 0.790. The van der Waals surface area contributed by atoms with Crippen LogP contribution in [0, 0.1) is 6.92 Å². The second-order valence-corrected chi connectivity index (χ2v) is 6.83. The van der Waals surface area contributed by atoms with E-state index in [-0.39, 0.29) is 4.90 Å². The maximum atomic E-state index is 12.5. The molecule has 2 aromatic rings. The molecule has 0 aliphatic carbocycles. The molecular weight excluding hydrogens is 290 g/mol. The first-order valence-electron chi connectivity index (χ1n) is 6.58. The van der Waals surface area contributed by atoms with E-state index in [1.165, 1.54) is 4.31 Å². The Bertz CT molecular complexity index is 692. The average Bonchev–Trinajstić information content (AvgIpc) is 2.97. The molecule has 0 aliphatic rings. The minimum atomic E-state index is -3.50. The van der Waals surface area contributed by atoms with Crippen LogP contribution in [0.4, 0.5) is 0 Å². The van der Waals surface area contributed by atoms with E-state index < -0.39 is 10.0 Å². The van der Waals surface area contributed by atoms with Crippen LogP contribution in [0.5, 0.6) is 5.75 Å². The van der Waals surface area contributed by atoms with Crippen LogP contribution in [0.2, 0.25) is 0 Å². The van der Waals surface area contributed by atoms with Crippen molar-refractivity contribution in [1.82, 2.24) is 4.31 Å². The van der Waals surface area contributed by atoms with Crippen LogP contribution in [-0.2, 0) is 16.4 Å². The van der Waals surface area contributed by atoms with Gasteiger partial charge in [0.2, 0.25) is 10.0 Å².